The second kappa shape index (κ2) is 7.58. The minimum absolute atomic E-state index is 0.203. The molecular formula is C18H20FN3O3. The predicted octanol–water partition coefficient (Wildman–Crippen LogP) is 1.35. The van der Waals surface area contributed by atoms with Gasteiger partial charge in [0.25, 0.3) is 5.56 Å². The second-order valence-corrected chi connectivity index (χ2v) is 5.98. The number of ether oxygens (including phenoxy) is 1. The van der Waals surface area contributed by atoms with Crippen LogP contribution in [0.15, 0.2) is 47.4 Å². The number of pyridine rings is 1. The number of rotatable bonds is 4. The monoisotopic (exact) mass is 345 g/mol. The van der Waals surface area contributed by atoms with E-state index in [-0.39, 0.29) is 29.1 Å². The topological polar surface area (TPSA) is 72.4 Å². The van der Waals surface area contributed by atoms with E-state index in [1.807, 2.05) is 6.92 Å². The molecular weight excluding hydrogens is 325 g/mol. The van der Waals surface area contributed by atoms with Gasteiger partial charge in [-0.2, -0.15) is 0 Å². The van der Waals surface area contributed by atoms with E-state index in [1.165, 1.54) is 16.7 Å². The maximum Gasteiger partial charge on any atom is 0.274 e. The smallest absolute Gasteiger partial charge is 0.274 e. The van der Waals surface area contributed by atoms with Crippen LogP contribution in [-0.2, 0) is 16.1 Å². The molecule has 1 saturated heterocycles. The van der Waals surface area contributed by atoms with Crippen LogP contribution in [0.25, 0.3) is 0 Å². The maximum atomic E-state index is 13.0. The number of amides is 1. The number of benzene rings is 1. The van der Waals surface area contributed by atoms with E-state index in [0.717, 1.165) is 5.56 Å². The van der Waals surface area contributed by atoms with Crippen LogP contribution in [-0.4, -0.2) is 35.8 Å². The van der Waals surface area contributed by atoms with Crippen LogP contribution in [0.1, 0.15) is 12.5 Å². The summed E-state index contributed by atoms with van der Waals surface area (Å²) in [4.78, 5) is 25.0. The highest BCUT2D eigenvalue weighted by Gasteiger charge is 2.28. The Hall–Kier alpha value is -2.51. The first-order valence-corrected chi connectivity index (χ1v) is 8.14. The normalized spacial score (nSPS) is 20.2. The number of anilines is 1. The van der Waals surface area contributed by atoms with Crippen molar-refractivity contribution >= 4 is 11.6 Å². The summed E-state index contributed by atoms with van der Waals surface area (Å²) < 4.78 is 19.9. The second-order valence-electron chi connectivity index (χ2n) is 5.98. The molecule has 1 aromatic heterocycles. The van der Waals surface area contributed by atoms with Crippen molar-refractivity contribution in [3.05, 3.63) is 64.3 Å². The Kier molecular flexibility index (Phi) is 5.25. The Balaban J connectivity index is 1.75. The zero-order valence-corrected chi connectivity index (χ0v) is 13.9. The molecule has 0 bridgehead atoms. The molecule has 2 atom stereocenters. The summed E-state index contributed by atoms with van der Waals surface area (Å²) in [6, 6.07) is 8.70. The molecule has 0 aliphatic carbocycles. The minimum atomic E-state index is -0.501. The minimum Gasteiger partial charge on any atom is -0.375 e. The summed E-state index contributed by atoms with van der Waals surface area (Å²) in [5.41, 5.74) is 0.682. The summed E-state index contributed by atoms with van der Waals surface area (Å²) >= 11 is 0. The van der Waals surface area contributed by atoms with Crippen LogP contribution in [0.2, 0.25) is 0 Å². The van der Waals surface area contributed by atoms with Gasteiger partial charge in [0.1, 0.15) is 17.5 Å². The van der Waals surface area contributed by atoms with Gasteiger partial charge in [0.15, 0.2) is 0 Å². The van der Waals surface area contributed by atoms with E-state index in [4.69, 9.17) is 4.74 Å². The number of halogens is 1. The highest BCUT2D eigenvalue weighted by atomic mass is 19.1. The van der Waals surface area contributed by atoms with Gasteiger partial charge in [-0.3, -0.25) is 9.59 Å². The zero-order chi connectivity index (χ0) is 17.8. The number of aromatic nitrogens is 1. The van der Waals surface area contributed by atoms with E-state index < -0.39 is 6.04 Å². The molecule has 0 saturated carbocycles. The Labute approximate surface area is 144 Å². The van der Waals surface area contributed by atoms with E-state index in [1.54, 1.807) is 30.5 Å². The molecule has 2 aromatic rings. The molecule has 1 aliphatic rings. The summed E-state index contributed by atoms with van der Waals surface area (Å²) in [5, 5.41) is 5.76. The maximum absolute atomic E-state index is 13.0. The third kappa shape index (κ3) is 4.12. The van der Waals surface area contributed by atoms with Crippen molar-refractivity contribution in [1.29, 1.82) is 0 Å². The van der Waals surface area contributed by atoms with Gasteiger partial charge >= 0.3 is 0 Å². The summed E-state index contributed by atoms with van der Waals surface area (Å²) in [7, 11) is 0. The molecule has 2 heterocycles. The molecule has 6 nitrogen and oxygen atoms in total. The lowest BCUT2D eigenvalue weighted by atomic mass is 10.1. The number of nitrogens with one attached hydrogen (secondary N) is 2. The zero-order valence-electron chi connectivity index (χ0n) is 13.9. The molecule has 0 radical (unpaired) electrons. The van der Waals surface area contributed by atoms with Crippen molar-refractivity contribution in [3.8, 4) is 0 Å². The van der Waals surface area contributed by atoms with Crippen LogP contribution >= 0.6 is 0 Å². The standard InChI is InChI=1S/C18H20FN3O3/c1-12-16(20-8-10-25-12)17(23)21-15-3-2-9-22(18(15)24)11-13-4-6-14(19)7-5-13/h2-7,9,12,16,20H,8,10-11H2,1H3,(H,21,23)/t12-,16+/m1/s1. The number of hydrogen-bond acceptors (Lipinski definition) is 4. The van der Waals surface area contributed by atoms with Crippen molar-refractivity contribution in [1.82, 2.24) is 9.88 Å². The van der Waals surface area contributed by atoms with Gasteiger partial charge in [0, 0.05) is 12.7 Å². The van der Waals surface area contributed by atoms with Crippen LogP contribution in [0.5, 0.6) is 0 Å². The first-order valence-electron chi connectivity index (χ1n) is 8.14. The molecule has 1 aliphatic heterocycles. The van der Waals surface area contributed by atoms with Crippen molar-refractivity contribution in [2.45, 2.75) is 25.6 Å². The molecule has 1 amide bonds. The van der Waals surface area contributed by atoms with Crippen molar-refractivity contribution in [3.63, 3.8) is 0 Å². The molecule has 1 aromatic carbocycles. The molecule has 132 valence electrons. The summed E-state index contributed by atoms with van der Waals surface area (Å²) in [6.45, 7) is 3.25. The quantitative estimate of drug-likeness (QED) is 0.877. The Morgan fingerprint density at radius 3 is 2.84 bits per heavy atom. The van der Waals surface area contributed by atoms with Gasteiger partial charge in [-0.15, -0.1) is 0 Å². The van der Waals surface area contributed by atoms with Gasteiger partial charge in [0.2, 0.25) is 5.91 Å². The molecule has 2 N–H and O–H groups in total. The molecule has 0 spiro atoms. The van der Waals surface area contributed by atoms with Crippen molar-refractivity contribution in [2.24, 2.45) is 0 Å². The molecule has 0 unspecified atom stereocenters. The first-order chi connectivity index (χ1) is 12.0. The highest BCUT2D eigenvalue weighted by Crippen LogP contribution is 2.09. The molecule has 25 heavy (non-hydrogen) atoms. The SMILES string of the molecule is C[C@H]1OCCN[C@@H]1C(=O)Nc1cccn(Cc2ccc(F)cc2)c1=O. The lowest BCUT2D eigenvalue weighted by Crippen LogP contribution is -2.53. The third-order valence-electron chi connectivity index (χ3n) is 4.14. The summed E-state index contributed by atoms with van der Waals surface area (Å²) in [6.07, 6.45) is 1.37. The van der Waals surface area contributed by atoms with Gasteiger partial charge in [-0.1, -0.05) is 12.1 Å². The van der Waals surface area contributed by atoms with Crippen LogP contribution in [0.4, 0.5) is 10.1 Å². The van der Waals surface area contributed by atoms with Gasteiger partial charge < -0.3 is 19.9 Å². The molecule has 1 fully saturated rings. The largest absolute Gasteiger partial charge is 0.375 e. The lowest BCUT2D eigenvalue weighted by Gasteiger charge is -2.29. The third-order valence-corrected chi connectivity index (χ3v) is 4.14. The average Bonchev–Trinajstić information content (AvgIpc) is 2.60. The van der Waals surface area contributed by atoms with Gasteiger partial charge in [0.05, 0.1) is 19.3 Å². The van der Waals surface area contributed by atoms with Crippen molar-refractivity contribution < 1.29 is 13.9 Å². The average molecular weight is 345 g/mol. The number of morpholine rings is 1. The van der Waals surface area contributed by atoms with Crippen molar-refractivity contribution in [2.75, 3.05) is 18.5 Å². The van der Waals surface area contributed by atoms with E-state index in [0.29, 0.717) is 19.7 Å². The first kappa shape index (κ1) is 17.3. The fourth-order valence-electron chi connectivity index (χ4n) is 2.78. The Morgan fingerprint density at radius 2 is 2.12 bits per heavy atom. The highest BCUT2D eigenvalue weighted by molar-refractivity contribution is 5.95. The van der Waals surface area contributed by atoms with Gasteiger partial charge in [-0.05, 0) is 36.8 Å². The summed E-state index contributed by atoms with van der Waals surface area (Å²) in [5.74, 6) is -0.628. The molecule has 7 heteroatoms. The fourth-order valence-corrected chi connectivity index (χ4v) is 2.78. The number of nitrogens with zero attached hydrogens (tertiary/aromatic N) is 1. The fraction of sp³-hybridized carbons (Fsp3) is 0.333. The van der Waals surface area contributed by atoms with E-state index >= 15 is 0 Å². The Morgan fingerprint density at radius 1 is 1.36 bits per heavy atom. The van der Waals surface area contributed by atoms with Crippen LogP contribution in [0, 0.1) is 5.82 Å². The Bertz CT molecular complexity index is 804. The number of carbonyl (C=O) groups is 1. The number of hydrogen-bond donors (Lipinski definition) is 2. The van der Waals surface area contributed by atoms with E-state index in [9.17, 15) is 14.0 Å². The predicted molar refractivity (Wildman–Crippen MR) is 92.0 cm³/mol. The number of carbonyl (C=O) groups excluding carboxylic acids is 1. The van der Waals surface area contributed by atoms with Crippen LogP contribution < -0.4 is 16.2 Å². The van der Waals surface area contributed by atoms with Crippen LogP contribution in [0.3, 0.4) is 0 Å². The lowest BCUT2D eigenvalue weighted by molar-refractivity contribution is -0.123. The van der Waals surface area contributed by atoms with E-state index in [2.05, 4.69) is 10.6 Å². The van der Waals surface area contributed by atoms with Gasteiger partial charge in [-0.25, -0.2) is 4.39 Å². The molecule has 3 rings (SSSR count).